The Morgan fingerprint density at radius 2 is 0.955 bits per heavy atom. The van der Waals surface area contributed by atoms with Gasteiger partial charge in [-0.05, 0) is 0 Å². The molecule has 22 heavy (non-hydrogen) atoms. The van der Waals surface area contributed by atoms with Crippen molar-refractivity contribution in [2.75, 3.05) is 0 Å². The number of benzene rings is 2. The minimum Gasteiger partial charge on any atom is -0.263 e. The lowest BCUT2D eigenvalue weighted by molar-refractivity contribution is -0.696. The predicted octanol–water partition coefficient (Wildman–Crippen LogP) is 3.37. The van der Waals surface area contributed by atoms with Crippen molar-refractivity contribution >= 4 is 0 Å². The Hall–Kier alpha value is -2.76. The van der Waals surface area contributed by atoms with Gasteiger partial charge < -0.3 is 0 Å². The minimum absolute atomic E-state index is 0.294. The molecule has 0 aliphatic rings. The zero-order valence-corrected chi connectivity index (χ0v) is 12.3. The quantitative estimate of drug-likeness (QED) is 0.625. The van der Waals surface area contributed by atoms with Crippen molar-refractivity contribution in [3.05, 3.63) is 92.0 Å². The lowest BCUT2D eigenvalue weighted by Gasteiger charge is -2.32. The highest BCUT2D eigenvalue weighted by Crippen LogP contribution is 2.44. The molecule has 0 amide bonds. The van der Waals surface area contributed by atoms with Crippen molar-refractivity contribution in [3.8, 4) is 0 Å². The van der Waals surface area contributed by atoms with Crippen LogP contribution in [0.2, 0.25) is 0 Å². The summed E-state index contributed by atoms with van der Waals surface area (Å²) >= 11 is 0. The largest absolute Gasteiger partial charge is 0.316 e. The summed E-state index contributed by atoms with van der Waals surface area (Å²) in [6.45, 7) is 2.61. The van der Waals surface area contributed by atoms with E-state index in [1.807, 2.05) is 0 Å². The second kappa shape index (κ2) is 5.55. The van der Waals surface area contributed by atoms with Crippen LogP contribution < -0.4 is 0 Å². The third-order valence-electron chi connectivity index (χ3n) is 4.35. The summed E-state index contributed by atoms with van der Waals surface area (Å²) in [6, 6.07) is 16.2. The molecular formula is C16H16N2O4. The summed E-state index contributed by atoms with van der Waals surface area (Å²) in [5.41, 5.74) is -3.22. The van der Waals surface area contributed by atoms with E-state index in [9.17, 15) is 20.2 Å². The molecule has 0 radical (unpaired) electrons. The third-order valence-corrected chi connectivity index (χ3v) is 4.35. The van der Waals surface area contributed by atoms with Gasteiger partial charge in [0.15, 0.2) is 0 Å². The van der Waals surface area contributed by atoms with Gasteiger partial charge in [0.1, 0.15) is 0 Å². The van der Waals surface area contributed by atoms with E-state index in [1.54, 1.807) is 60.7 Å². The molecule has 0 aromatic heterocycles. The summed E-state index contributed by atoms with van der Waals surface area (Å²) in [5.74, 6) is 0. The van der Waals surface area contributed by atoms with Gasteiger partial charge >= 0.3 is 11.1 Å². The SMILES string of the molecule is C[C@@](c1ccccc1)([N+](=O)[O-])[C@](C)(c1ccccc1)[N+](=O)[O-]. The smallest absolute Gasteiger partial charge is 0.263 e. The average molecular weight is 300 g/mol. The van der Waals surface area contributed by atoms with Crippen LogP contribution in [0.3, 0.4) is 0 Å². The normalized spacial score (nSPS) is 16.3. The van der Waals surface area contributed by atoms with Gasteiger partial charge in [0.25, 0.3) is 0 Å². The molecule has 0 aliphatic heterocycles. The zero-order valence-electron chi connectivity index (χ0n) is 12.3. The van der Waals surface area contributed by atoms with Gasteiger partial charge in [-0.1, -0.05) is 60.7 Å². The van der Waals surface area contributed by atoms with Crippen molar-refractivity contribution in [1.82, 2.24) is 0 Å². The minimum atomic E-state index is -1.90. The first-order valence-corrected chi connectivity index (χ1v) is 6.75. The van der Waals surface area contributed by atoms with E-state index < -0.39 is 20.9 Å². The van der Waals surface area contributed by atoms with Crippen molar-refractivity contribution < 1.29 is 9.85 Å². The Bertz CT molecular complexity index is 628. The van der Waals surface area contributed by atoms with E-state index in [4.69, 9.17) is 0 Å². The predicted molar refractivity (Wildman–Crippen MR) is 81.6 cm³/mol. The van der Waals surface area contributed by atoms with E-state index in [1.165, 1.54) is 13.8 Å². The van der Waals surface area contributed by atoms with Crippen LogP contribution in [0.4, 0.5) is 0 Å². The Morgan fingerprint density at radius 1 is 0.682 bits per heavy atom. The first-order valence-electron chi connectivity index (χ1n) is 6.75. The zero-order chi connectivity index (χ0) is 16.4. The highest BCUT2D eigenvalue weighted by molar-refractivity contribution is 5.32. The van der Waals surface area contributed by atoms with Crippen LogP contribution in [-0.4, -0.2) is 9.85 Å². The second-order valence-electron chi connectivity index (χ2n) is 5.39. The number of hydrogen-bond acceptors (Lipinski definition) is 4. The van der Waals surface area contributed by atoms with E-state index in [0.717, 1.165) is 0 Å². The van der Waals surface area contributed by atoms with E-state index in [2.05, 4.69) is 0 Å². The Morgan fingerprint density at radius 3 is 1.18 bits per heavy atom. The Labute approximate surface area is 127 Å². The van der Waals surface area contributed by atoms with Gasteiger partial charge in [-0.2, -0.15) is 0 Å². The maximum absolute atomic E-state index is 11.8. The monoisotopic (exact) mass is 300 g/mol. The molecule has 0 spiro atoms. The van der Waals surface area contributed by atoms with Gasteiger partial charge in [-0.25, -0.2) is 0 Å². The molecule has 0 N–H and O–H groups in total. The molecule has 0 fully saturated rings. The standard InChI is InChI=1S/C16H16N2O4/c1-15(17(19)20,13-9-5-3-6-10-13)16(2,18(21)22)14-11-7-4-8-12-14/h3-12H,1-2H3/t15-,16-/m0/s1. The molecule has 2 aromatic carbocycles. The van der Waals surface area contributed by atoms with Gasteiger partial charge in [0.2, 0.25) is 0 Å². The van der Waals surface area contributed by atoms with Crippen molar-refractivity contribution in [1.29, 1.82) is 0 Å². The van der Waals surface area contributed by atoms with E-state index in [0.29, 0.717) is 11.1 Å². The molecule has 0 saturated carbocycles. The molecule has 6 heteroatoms. The summed E-state index contributed by atoms with van der Waals surface area (Å²) in [6.07, 6.45) is 0. The fourth-order valence-corrected chi connectivity index (χ4v) is 2.65. The van der Waals surface area contributed by atoms with Crippen LogP contribution in [0.25, 0.3) is 0 Å². The molecule has 0 aliphatic carbocycles. The van der Waals surface area contributed by atoms with Crippen LogP contribution in [0.5, 0.6) is 0 Å². The van der Waals surface area contributed by atoms with Crippen LogP contribution in [0.1, 0.15) is 25.0 Å². The van der Waals surface area contributed by atoms with Crippen LogP contribution in [-0.2, 0) is 11.1 Å². The molecular weight excluding hydrogens is 284 g/mol. The second-order valence-corrected chi connectivity index (χ2v) is 5.39. The summed E-state index contributed by atoms with van der Waals surface area (Å²) in [7, 11) is 0. The average Bonchev–Trinajstić information content (AvgIpc) is 2.54. The van der Waals surface area contributed by atoms with Crippen molar-refractivity contribution in [2.45, 2.75) is 24.9 Å². The summed E-state index contributed by atoms with van der Waals surface area (Å²) in [4.78, 5) is 22.6. The highest BCUT2D eigenvalue weighted by Gasteiger charge is 2.66. The van der Waals surface area contributed by atoms with Gasteiger partial charge in [-0.15, -0.1) is 0 Å². The maximum Gasteiger partial charge on any atom is 0.316 e. The Balaban J connectivity index is 2.78. The first-order chi connectivity index (χ1) is 10.3. The molecule has 0 saturated heterocycles. The number of rotatable bonds is 5. The fraction of sp³-hybridized carbons (Fsp3) is 0.250. The highest BCUT2D eigenvalue weighted by atomic mass is 16.6. The topological polar surface area (TPSA) is 86.3 Å². The lowest BCUT2D eigenvalue weighted by atomic mass is 9.71. The number of hydrogen-bond donors (Lipinski definition) is 0. The van der Waals surface area contributed by atoms with Crippen molar-refractivity contribution in [2.24, 2.45) is 0 Å². The van der Waals surface area contributed by atoms with Gasteiger partial charge in [-0.3, -0.25) is 20.2 Å². The summed E-state index contributed by atoms with van der Waals surface area (Å²) in [5, 5.41) is 23.7. The van der Waals surface area contributed by atoms with E-state index >= 15 is 0 Å². The molecule has 2 atom stereocenters. The fourth-order valence-electron chi connectivity index (χ4n) is 2.65. The molecule has 0 heterocycles. The Kier molecular flexibility index (Phi) is 3.95. The lowest BCUT2D eigenvalue weighted by Crippen LogP contribution is -2.55. The molecule has 0 unspecified atom stereocenters. The molecule has 2 rings (SSSR count). The van der Waals surface area contributed by atoms with Crippen LogP contribution >= 0.6 is 0 Å². The third kappa shape index (κ3) is 2.13. The van der Waals surface area contributed by atoms with Crippen molar-refractivity contribution in [3.63, 3.8) is 0 Å². The summed E-state index contributed by atoms with van der Waals surface area (Å²) < 4.78 is 0. The number of nitro groups is 2. The first kappa shape index (κ1) is 15.6. The number of nitrogens with zero attached hydrogens (tertiary/aromatic N) is 2. The van der Waals surface area contributed by atoms with Gasteiger partial charge in [0, 0.05) is 34.8 Å². The maximum atomic E-state index is 11.8. The molecule has 6 nitrogen and oxygen atoms in total. The molecule has 114 valence electrons. The van der Waals surface area contributed by atoms with Crippen LogP contribution in [0, 0.1) is 20.2 Å². The van der Waals surface area contributed by atoms with E-state index in [-0.39, 0.29) is 0 Å². The molecule has 0 bridgehead atoms. The molecule has 2 aromatic rings. The van der Waals surface area contributed by atoms with Gasteiger partial charge in [0.05, 0.1) is 0 Å². The van der Waals surface area contributed by atoms with Crippen LogP contribution in [0.15, 0.2) is 60.7 Å².